The molecule has 0 saturated carbocycles. The van der Waals surface area contributed by atoms with E-state index in [1.54, 1.807) is 0 Å². The van der Waals surface area contributed by atoms with Gasteiger partial charge in [0.05, 0.1) is 6.42 Å². The number of carbonyl (C=O) groups is 2. The first-order chi connectivity index (χ1) is 6.52. The van der Waals surface area contributed by atoms with Crippen molar-refractivity contribution in [3.63, 3.8) is 0 Å². The number of allylic oxidation sites excluding steroid dienone is 1. The number of hydrogen-bond donors (Lipinski definition) is 3. The minimum atomic E-state index is -0.922. The molecule has 0 aromatic rings. The normalized spacial score (nSPS) is 9.00. The van der Waals surface area contributed by atoms with Crippen LogP contribution in [0, 0.1) is 0 Å². The zero-order valence-corrected chi connectivity index (χ0v) is 8.46. The third kappa shape index (κ3) is 8.58. The molecule has 0 fully saturated rings. The van der Waals surface area contributed by atoms with Crippen LogP contribution in [0.4, 0.5) is 4.79 Å². The fraction of sp³-hybridized carbons (Fsp3) is 0.556. The van der Waals surface area contributed by atoms with Gasteiger partial charge in [-0.3, -0.25) is 4.79 Å². The maximum atomic E-state index is 11.0. The highest BCUT2D eigenvalue weighted by Gasteiger charge is 1.99. The van der Waals surface area contributed by atoms with E-state index in [1.165, 1.54) is 0 Å². The van der Waals surface area contributed by atoms with E-state index < -0.39 is 5.97 Å². The van der Waals surface area contributed by atoms with Crippen LogP contribution in [-0.4, -0.2) is 30.2 Å². The van der Waals surface area contributed by atoms with Gasteiger partial charge in [-0.1, -0.05) is 11.6 Å². The summed E-state index contributed by atoms with van der Waals surface area (Å²) in [5.41, 5.74) is 1.12. The fourth-order valence-corrected chi connectivity index (χ4v) is 0.693. The molecule has 0 saturated heterocycles. The third-order valence-electron chi connectivity index (χ3n) is 1.40. The zero-order valence-electron chi connectivity index (χ0n) is 8.46. The summed E-state index contributed by atoms with van der Waals surface area (Å²) in [6.07, 6.45) is 1.81. The summed E-state index contributed by atoms with van der Waals surface area (Å²) in [4.78, 5) is 21.1. The van der Waals surface area contributed by atoms with Crippen LogP contribution in [0.25, 0.3) is 0 Å². The summed E-state index contributed by atoms with van der Waals surface area (Å²) in [6.45, 7) is 4.48. The molecule has 0 heterocycles. The number of carbonyl (C=O) groups excluding carboxylic acids is 1. The molecule has 0 aliphatic carbocycles. The number of amides is 2. The number of aliphatic carboxylic acids is 1. The Morgan fingerprint density at radius 1 is 1.29 bits per heavy atom. The minimum absolute atomic E-state index is 0.0595. The topological polar surface area (TPSA) is 78.4 Å². The molecule has 14 heavy (non-hydrogen) atoms. The number of carboxylic acid groups (broad SMARTS) is 1. The monoisotopic (exact) mass is 200 g/mol. The summed E-state index contributed by atoms with van der Waals surface area (Å²) in [6, 6.07) is -0.344. The lowest BCUT2D eigenvalue weighted by Crippen LogP contribution is -2.36. The van der Waals surface area contributed by atoms with Crippen molar-refractivity contribution in [3.05, 3.63) is 11.6 Å². The molecule has 0 atom stereocenters. The Morgan fingerprint density at radius 3 is 2.43 bits per heavy atom. The smallest absolute Gasteiger partial charge is 0.315 e. The highest BCUT2D eigenvalue weighted by molar-refractivity contribution is 5.75. The van der Waals surface area contributed by atoms with Crippen molar-refractivity contribution in [3.8, 4) is 0 Å². The number of hydrogen-bond acceptors (Lipinski definition) is 2. The van der Waals surface area contributed by atoms with Gasteiger partial charge in [-0.05, 0) is 13.8 Å². The molecule has 0 rings (SSSR count). The van der Waals surface area contributed by atoms with Crippen LogP contribution in [0.1, 0.15) is 20.3 Å². The van der Waals surface area contributed by atoms with Gasteiger partial charge in [-0.25, -0.2) is 4.79 Å². The van der Waals surface area contributed by atoms with E-state index in [0.717, 1.165) is 5.57 Å². The standard InChI is InChI=1S/C9H16N2O3/c1-7(2)3-5-10-9(14)11-6-4-8(12)13/h3H,4-6H2,1-2H3,(H,12,13)(H2,10,11,14). The zero-order chi connectivity index (χ0) is 11.0. The third-order valence-corrected chi connectivity index (χ3v) is 1.40. The molecule has 2 amide bonds. The van der Waals surface area contributed by atoms with Gasteiger partial charge < -0.3 is 15.7 Å². The molecular weight excluding hydrogens is 184 g/mol. The molecule has 80 valence electrons. The SMILES string of the molecule is CC(C)=CCNC(=O)NCCC(=O)O. The van der Waals surface area contributed by atoms with Crippen LogP contribution in [0.3, 0.4) is 0 Å². The lowest BCUT2D eigenvalue weighted by atomic mass is 10.3. The summed E-state index contributed by atoms with van der Waals surface area (Å²) >= 11 is 0. The Labute approximate surface area is 83.2 Å². The molecule has 0 radical (unpaired) electrons. The van der Waals surface area contributed by atoms with E-state index in [9.17, 15) is 9.59 Å². The Balaban J connectivity index is 3.47. The Bertz CT molecular complexity index is 232. The lowest BCUT2D eigenvalue weighted by molar-refractivity contribution is -0.136. The maximum absolute atomic E-state index is 11.0. The van der Waals surface area contributed by atoms with Crippen molar-refractivity contribution >= 4 is 12.0 Å². The van der Waals surface area contributed by atoms with E-state index >= 15 is 0 Å². The van der Waals surface area contributed by atoms with Crippen molar-refractivity contribution in [2.45, 2.75) is 20.3 Å². The molecule has 0 aliphatic rings. The number of carboxylic acids is 1. The van der Waals surface area contributed by atoms with E-state index in [1.807, 2.05) is 19.9 Å². The van der Waals surface area contributed by atoms with Gasteiger partial charge in [0, 0.05) is 13.1 Å². The van der Waals surface area contributed by atoms with Gasteiger partial charge in [0.25, 0.3) is 0 Å². The Kier molecular flexibility index (Phi) is 6.19. The summed E-state index contributed by atoms with van der Waals surface area (Å²) in [7, 11) is 0. The van der Waals surface area contributed by atoms with Crippen LogP contribution in [-0.2, 0) is 4.79 Å². The van der Waals surface area contributed by atoms with Crippen LogP contribution in [0.2, 0.25) is 0 Å². The second kappa shape index (κ2) is 6.94. The average molecular weight is 200 g/mol. The van der Waals surface area contributed by atoms with Crippen LogP contribution in [0.5, 0.6) is 0 Å². The van der Waals surface area contributed by atoms with Crippen LogP contribution >= 0.6 is 0 Å². The minimum Gasteiger partial charge on any atom is -0.481 e. The Morgan fingerprint density at radius 2 is 1.93 bits per heavy atom. The fourth-order valence-electron chi connectivity index (χ4n) is 0.693. The molecule has 0 aromatic carbocycles. The lowest BCUT2D eigenvalue weighted by Gasteiger charge is -2.03. The number of nitrogens with one attached hydrogen (secondary N) is 2. The highest BCUT2D eigenvalue weighted by Crippen LogP contribution is 1.85. The van der Waals surface area contributed by atoms with Gasteiger partial charge >= 0.3 is 12.0 Å². The van der Waals surface area contributed by atoms with E-state index in [4.69, 9.17) is 5.11 Å². The van der Waals surface area contributed by atoms with Gasteiger partial charge in [-0.15, -0.1) is 0 Å². The predicted octanol–water partition coefficient (Wildman–Crippen LogP) is 0.726. The molecule has 5 nitrogen and oxygen atoms in total. The molecular formula is C9H16N2O3. The van der Waals surface area contributed by atoms with Crippen molar-refractivity contribution in [1.82, 2.24) is 10.6 Å². The van der Waals surface area contributed by atoms with E-state index in [-0.39, 0.29) is 19.0 Å². The molecule has 0 bridgehead atoms. The molecule has 0 unspecified atom stereocenters. The second-order valence-corrected chi connectivity index (χ2v) is 3.06. The number of rotatable bonds is 5. The van der Waals surface area contributed by atoms with Crippen molar-refractivity contribution in [2.24, 2.45) is 0 Å². The van der Waals surface area contributed by atoms with Gasteiger partial charge in [0.2, 0.25) is 0 Å². The van der Waals surface area contributed by atoms with Crippen LogP contribution in [0.15, 0.2) is 11.6 Å². The number of urea groups is 1. The predicted molar refractivity (Wildman–Crippen MR) is 53.1 cm³/mol. The second-order valence-electron chi connectivity index (χ2n) is 3.06. The summed E-state index contributed by atoms with van der Waals surface area (Å²) in [5, 5.41) is 13.3. The molecule has 0 aromatic heterocycles. The average Bonchev–Trinajstić information content (AvgIpc) is 2.02. The van der Waals surface area contributed by atoms with E-state index in [0.29, 0.717) is 6.54 Å². The van der Waals surface area contributed by atoms with Crippen molar-refractivity contribution < 1.29 is 14.7 Å². The first kappa shape index (κ1) is 12.5. The Hall–Kier alpha value is -1.52. The molecule has 3 N–H and O–H groups in total. The first-order valence-electron chi connectivity index (χ1n) is 4.39. The summed E-state index contributed by atoms with van der Waals surface area (Å²) in [5.74, 6) is -0.922. The first-order valence-corrected chi connectivity index (χ1v) is 4.39. The quantitative estimate of drug-likeness (QED) is 0.572. The van der Waals surface area contributed by atoms with E-state index in [2.05, 4.69) is 10.6 Å². The van der Waals surface area contributed by atoms with Crippen molar-refractivity contribution in [2.75, 3.05) is 13.1 Å². The molecule has 0 aliphatic heterocycles. The largest absolute Gasteiger partial charge is 0.481 e. The maximum Gasteiger partial charge on any atom is 0.315 e. The van der Waals surface area contributed by atoms with Gasteiger partial charge in [-0.2, -0.15) is 0 Å². The van der Waals surface area contributed by atoms with Gasteiger partial charge in [0.15, 0.2) is 0 Å². The van der Waals surface area contributed by atoms with Crippen molar-refractivity contribution in [1.29, 1.82) is 0 Å². The van der Waals surface area contributed by atoms with Crippen LogP contribution < -0.4 is 10.6 Å². The summed E-state index contributed by atoms with van der Waals surface area (Å²) < 4.78 is 0. The van der Waals surface area contributed by atoms with Gasteiger partial charge in [0.1, 0.15) is 0 Å². The molecule has 0 spiro atoms. The molecule has 5 heteroatoms. The highest BCUT2D eigenvalue weighted by atomic mass is 16.4.